The first-order valence-corrected chi connectivity index (χ1v) is 10.4. The molecule has 2 aliphatic heterocycles. The molecule has 0 aromatic carbocycles. The van der Waals surface area contributed by atoms with Crippen LogP contribution in [0.1, 0.15) is 78.6 Å². The van der Waals surface area contributed by atoms with Gasteiger partial charge in [0.05, 0.1) is 24.2 Å². The third kappa shape index (κ3) is 3.79. The molecule has 3 unspecified atom stereocenters. The molecular formula is C21H35NO3. The molecule has 2 aliphatic carbocycles. The van der Waals surface area contributed by atoms with Gasteiger partial charge in [-0.15, -0.1) is 0 Å². The first-order valence-electron chi connectivity index (χ1n) is 10.4. The normalized spacial score (nSPS) is 34.1. The fourth-order valence-electron chi connectivity index (χ4n) is 5.23. The van der Waals surface area contributed by atoms with Crippen molar-refractivity contribution in [2.45, 2.75) is 90.7 Å². The summed E-state index contributed by atoms with van der Waals surface area (Å²) in [5.74, 6) is 1.04. The highest BCUT2D eigenvalue weighted by Gasteiger charge is 2.51. The van der Waals surface area contributed by atoms with E-state index in [1.807, 2.05) is 13.8 Å². The van der Waals surface area contributed by atoms with Crippen molar-refractivity contribution < 1.29 is 14.3 Å². The van der Waals surface area contributed by atoms with Gasteiger partial charge in [-0.3, -0.25) is 9.59 Å². The number of ether oxygens (including phenoxy) is 1. The SMILES string of the molecule is CCC1CC2(C(=O)N[C@@H](C(=O)C(C)C)C3CCCCC3)CCC1OC2. The summed E-state index contributed by atoms with van der Waals surface area (Å²) < 4.78 is 5.99. The standard InChI is InChI=1S/C21H35NO3/c1-4-15-12-21(11-10-17(15)25-13-21)20(24)22-18(19(23)14(2)3)16-8-6-5-7-9-16/h14-18H,4-13H2,1-3H3,(H,22,24)/t15?,17?,18-,21?/m1/s1. The summed E-state index contributed by atoms with van der Waals surface area (Å²) in [4.78, 5) is 26.1. The molecule has 1 N–H and O–H groups in total. The molecule has 2 saturated carbocycles. The highest BCUT2D eigenvalue weighted by Crippen LogP contribution is 2.47. The largest absolute Gasteiger partial charge is 0.377 e. The van der Waals surface area contributed by atoms with E-state index in [0.29, 0.717) is 24.5 Å². The number of hydrogen-bond donors (Lipinski definition) is 1. The molecule has 0 aromatic heterocycles. The van der Waals surface area contributed by atoms with Gasteiger partial charge in [0.15, 0.2) is 5.78 Å². The topological polar surface area (TPSA) is 55.4 Å². The summed E-state index contributed by atoms with van der Waals surface area (Å²) in [7, 11) is 0. The highest BCUT2D eigenvalue weighted by molar-refractivity contribution is 5.92. The molecule has 0 aromatic rings. The van der Waals surface area contributed by atoms with Crippen molar-refractivity contribution in [1.29, 1.82) is 0 Å². The number of carbonyl (C=O) groups excluding carboxylic acids is 2. The van der Waals surface area contributed by atoms with Crippen LogP contribution in [0.4, 0.5) is 0 Å². The average molecular weight is 350 g/mol. The van der Waals surface area contributed by atoms with Gasteiger partial charge in [-0.25, -0.2) is 0 Å². The van der Waals surface area contributed by atoms with Crippen LogP contribution in [0.5, 0.6) is 0 Å². The number of Topliss-reactive ketones (excluding diaryl/α,β-unsaturated/α-hetero) is 1. The zero-order valence-electron chi connectivity index (χ0n) is 16.2. The van der Waals surface area contributed by atoms with Crippen LogP contribution in [-0.4, -0.2) is 30.4 Å². The van der Waals surface area contributed by atoms with E-state index in [0.717, 1.165) is 38.5 Å². The molecule has 2 heterocycles. The predicted octanol–water partition coefficient (Wildman–Crippen LogP) is 3.87. The Morgan fingerprint density at radius 3 is 2.44 bits per heavy atom. The van der Waals surface area contributed by atoms with Gasteiger partial charge in [0.1, 0.15) is 0 Å². The molecule has 25 heavy (non-hydrogen) atoms. The Hall–Kier alpha value is -0.900. The molecule has 0 spiro atoms. The maximum atomic E-state index is 13.3. The zero-order chi connectivity index (χ0) is 18.0. The van der Waals surface area contributed by atoms with Crippen molar-refractivity contribution in [2.75, 3.05) is 6.61 Å². The molecule has 4 aliphatic rings. The van der Waals surface area contributed by atoms with Crippen LogP contribution in [0.15, 0.2) is 0 Å². The van der Waals surface area contributed by atoms with E-state index < -0.39 is 5.41 Å². The molecule has 0 radical (unpaired) electrons. The highest BCUT2D eigenvalue weighted by atomic mass is 16.5. The van der Waals surface area contributed by atoms with Gasteiger partial charge >= 0.3 is 0 Å². The number of carbonyl (C=O) groups is 2. The Labute approximate surface area is 152 Å². The van der Waals surface area contributed by atoms with E-state index in [4.69, 9.17) is 4.74 Å². The van der Waals surface area contributed by atoms with E-state index in [-0.39, 0.29) is 23.7 Å². The van der Waals surface area contributed by atoms with E-state index >= 15 is 0 Å². The smallest absolute Gasteiger partial charge is 0.229 e. The Morgan fingerprint density at radius 2 is 1.88 bits per heavy atom. The van der Waals surface area contributed by atoms with Crippen LogP contribution in [0, 0.1) is 23.2 Å². The quantitative estimate of drug-likeness (QED) is 0.792. The maximum absolute atomic E-state index is 13.3. The first-order chi connectivity index (χ1) is 12.0. The van der Waals surface area contributed by atoms with Crippen molar-refractivity contribution in [3.05, 3.63) is 0 Å². The van der Waals surface area contributed by atoms with E-state index in [1.54, 1.807) is 0 Å². The molecule has 4 heteroatoms. The predicted molar refractivity (Wildman–Crippen MR) is 98.2 cm³/mol. The minimum atomic E-state index is -0.403. The Kier molecular flexibility index (Phi) is 5.87. The number of hydrogen-bond acceptors (Lipinski definition) is 3. The molecular weight excluding hydrogens is 314 g/mol. The van der Waals surface area contributed by atoms with Gasteiger partial charge in [0.2, 0.25) is 5.91 Å². The summed E-state index contributed by atoms with van der Waals surface area (Å²) in [6, 6.07) is -0.304. The molecule has 4 atom stereocenters. The van der Waals surface area contributed by atoms with Gasteiger partial charge in [-0.1, -0.05) is 46.5 Å². The number of fused-ring (bicyclic) bond motifs is 3. The lowest BCUT2D eigenvalue weighted by Crippen LogP contribution is -2.59. The van der Waals surface area contributed by atoms with E-state index in [2.05, 4.69) is 12.2 Å². The average Bonchev–Trinajstić information content (AvgIpc) is 2.66. The lowest BCUT2D eigenvalue weighted by molar-refractivity contribution is -0.172. The monoisotopic (exact) mass is 349 g/mol. The second-order valence-corrected chi connectivity index (χ2v) is 8.95. The summed E-state index contributed by atoms with van der Waals surface area (Å²) in [6.07, 6.45) is 9.96. The van der Waals surface area contributed by atoms with Gasteiger partial charge < -0.3 is 10.1 Å². The number of nitrogens with one attached hydrogen (secondary N) is 1. The van der Waals surface area contributed by atoms with Crippen LogP contribution < -0.4 is 5.32 Å². The fourth-order valence-corrected chi connectivity index (χ4v) is 5.23. The second-order valence-electron chi connectivity index (χ2n) is 8.95. The summed E-state index contributed by atoms with van der Waals surface area (Å²) in [5, 5.41) is 3.23. The molecule has 4 rings (SSSR count). The third-order valence-corrected chi connectivity index (χ3v) is 6.95. The first kappa shape index (κ1) is 18.9. The molecule has 2 bridgehead atoms. The zero-order valence-corrected chi connectivity index (χ0v) is 16.2. The van der Waals surface area contributed by atoms with Crippen LogP contribution in [0.3, 0.4) is 0 Å². The molecule has 4 nitrogen and oxygen atoms in total. The second kappa shape index (κ2) is 7.77. The van der Waals surface area contributed by atoms with Crippen LogP contribution >= 0.6 is 0 Å². The molecule has 1 amide bonds. The van der Waals surface area contributed by atoms with E-state index in [9.17, 15) is 9.59 Å². The van der Waals surface area contributed by atoms with Crippen molar-refractivity contribution in [3.63, 3.8) is 0 Å². The van der Waals surface area contributed by atoms with Crippen molar-refractivity contribution >= 4 is 11.7 Å². The third-order valence-electron chi connectivity index (χ3n) is 6.95. The summed E-state index contributed by atoms with van der Waals surface area (Å²) >= 11 is 0. The lowest BCUT2D eigenvalue weighted by Gasteiger charge is -2.49. The Balaban J connectivity index is 1.74. The summed E-state index contributed by atoms with van der Waals surface area (Å²) in [5.41, 5.74) is -0.403. The maximum Gasteiger partial charge on any atom is 0.229 e. The van der Waals surface area contributed by atoms with Crippen LogP contribution in [-0.2, 0) is 14.3 Å². The minimum absolute atomic E-state index is 0.0357. The van der Waals surface area contributed by atoms with Crippen LogP contribution in [0.25, 0.3) is 0 Å². The minimum Gasteiger partial charge on any atom is -0.377 e. The lowest BCUT2D eigenvalue weighted by atomic mass is 9.65. The van der Waals surface area contributed by atoms with Crippen molar-refractivity contribution in [3.8, 4) is 0 Å². The summed E-state index contributed by atoms with van der Waals surface area (Å²) in [6.45, 7) is 6.62. The number of rotatable bonds is 6. The Morgan fingerprint density at radius 1 is 1.16 bits per heavy atom. The van der Waals surface area contributed by atoms with Crippen molar-refractivity contribution in [1.82, 2.24) is 5.32 Å². The number of ketones is 1. The van der Waals surface area contributed by atoms with Gasteiger partial charge in [-0.05, 0) is 43.9 Å². The molecule has 4 fully saturated rings. The van der Waals surface area contributed by atoms with Crippen LogP contribution in [0.2, 0.25) is 0 Å². The molecule has 142 valence electrons. The van der Waals surface area contributed by atoms with Crippen molar-refractivity contribution in [2.24, 2.45) is 23.2 Å². The molecule has 2 saturated heterocycles. The Bertz CT molecular complexity index is 487. The van der Waals surface area contributed by atoms with Gasteiger partial charge in [0, 0.05) is 5.92 Å². The fraction of sp³-hybridized carbons (Fsp3) is 0.905. The van der Waals surface area contributed by atoms with Gasteiger partial charge in [0.25, 0.3) is 0 Å². The van der Waals surface area contributed by atoms with Gasteiger partial charge in [-0.2, -0.15) is 0 Å². The van der Waals surface area contributed by atoms with E-state index in [1.165, 1.54) is 19.3 Å². The number of amides is 1.